The van der Waals surface area contributed by atoms with E-state index < -0.39 is 11.8 Å². The second-order valence-electron chi connectivity index (χ2n) is 7.83. The summed E-state index contributed by atoms with van der Waals surface area (Å²) in [4.78, 5) is 25.7. The number of methoxy groups -OCH3 is 1. The normalized spacial score (nSPS) is 11.8. The second kappa shape index (κ2) is 9.03. The van der Waals surface area contributed by atoms with Crippen LogP contribution in [0.3, 0.4) is 0 Å². The smallest absolute Gasteiger partial charge is 0.290 e. The molecule has 0 bridgehead atoms. The highest BCUT2D eigenvalue weighted by Gasteiger charge is 2.29. The molecule has 2 N–H and O–H groups in total. The Morgan fingerprint density at radius 2 is 1.71 bits per heavy atom. The van der Waals surface area contributed by atoms with Crippen LogP contribution in [0.4, 0.5) is 0 Å². The summed E-state index contributed by atoms with van der Waals surface area (Å²) in [7, 11) is 1.60. The number of benzene rings is 3. The third-order valence-corrected chi connectivity index (χ3v) is 6.15. The van der Waals surface area contributed by atoms with Crippen molar-refractivity contribution in [3.05, 3.63) is 100 Å². The van der Waals surface area contributed by atoms with Crippen LogP contribution < -0.4 is 15.6 Å². The van der Waals surface area contributed by atoms with Crippen LogP contribution in [-0.4, -0.2) is 28.7 Å². The molecule has 2 amide bonds. The molecule has 1 aromatic heterocycles. The molecule has 170 valence electrons. The number of halogens is 1. The van der Waals surface area contributed by atoms with E-state index in [1.165, 1.54) is 5.56 Å². The first kappa shape index (κ1) is 21.7. The highest BCUT2D eigenvalue weighted by Crippen LogP contribution is 2.37. The van der Waals surface area contributed by atoms with Crippen LogP contribution in [0, 0.1) is 0 Å². The van der Waals surface area contributed by atoms with E-state index in [0.29, 0.717) is 17.2 Å². The Kier molecular flexibility index (Phi) is 5.77. The first-order valence-electron chi connectivity index (χ1n) is 10.8. The molecular weight excluding hydrogens is 452 g/mol. The molecule has 0 spiro atoms. The van der Waals surface area contributed by atoms with Gasteiger partial charge in [-0.1, -0.05) is 54.1 Å². The minimum absolute atomic E-state index is 0.256. The van der Waals surface area contributed by atoms with Crippen molar-refractivity contribution < 1.29 is 14.3 Å². The first-order chi connectivity index (χ1) is 16.6. The molecule has 3 aromatic carbocycles. The molecule has 0 aliphatic heterocycles. The number of hydrazine groups is 1. The number of carbonyl (C=O) groups excluding carboxylic acids is 2. The summed E-state index contributed by atoms with van der Waals surface area (Å²) in [5.41, 5.74) is 10.1. The molecule has 0 saturated carbocycles. The van der Waals surface area contributed by atoms with Gasteiger partial charge in [0.2, 0.25) is 0 Å². The van der Waals surface area contributed by atoms with Gasteiger partial charge in [-0.15, -0.1) is 0 Å². The van der Waals surface area contributed by atoms with E-state index in [9.17, 15) is 9.59 Å². The lowest BCUT2D eigenvalue weighted by Crippen LogP contribution is -2.42. The number of ether oxygens (including phenoxy) is 1. The Bertz CT molecular complexity index is 1410. The predicted octanol–water partition coefficient (Wildman–Crippen LogP) is 4.37. The summed E-state index contributed by atoms with van der Waals surface area (Å²) >= 11 is 6.09. The maximum Gasteiger partial charge on any atom is 0.290 e. The number of nitrogens with one attached hydrogen (secondary N) is 2. The van der Waals surface area contributed by atoms with Gasteiger partial charge in [0.05, 0.1) is 29.1 Å². The highest BCUT2D eigenvalue weighted by molar-refractivity contribution is 6.33. The number of nitrogens with zero attached hydrogens (tertiary/aromatic N) is 2. The number of aryl methyl sites for hydroxylation is 1. The van der Waals surface area contributed by atoms with Crippen molar-refractivity contribution in [2.24, 2.45) is 0 Å². The maximum absolute atomic E-state index is 13.2. The predicted molar refractivity (Wildman–Crippen MR) is 129 cm³/mol. The largest absolute Gasteiger partial charge is 0.497 e. The number of fused-ring (bicyclic) bond motifs is 3. The van der Waals surface area contributed by atoms with Crippen molar-refractivity contribution in [3.63, 3.8) is 0 Å². The Morgan fingerprint density at radius 3 is 2.53 bits per heavy atom. The number of hydrogen-bond donors (Lipinski definition) is 2. The average Bonchev–Trinajstić information content (AvgIpc) is 3.28. The topological polar surface area (TPSA) is 85.2 Å². The summed E-state index contributed by atoms with van der Waals surface area (Å²) in [6.45, 7) is 0. The van der Waals surface area contributed by atoms with Crippen molar-refractivity contribution in [3.8, 4) is 22.7 Å². The van der Waals surface area contributed by atoms with Crippen LogP contribution in [-0.2, 0) is 12.8 Å². The maximum atomic E-state index is 13.2. The van der Waals surface area contributed by atoms with Gasteiger partial charge in [0, 0.05) is 17.2 Å². The zero-order valence-electron chi connectivity index (χ0n) is 18.3. The van der Waals surface area contributed by atoms with Crippen LogP contribution >= 0.6 is 11.6 Å². The second-order valence-corrected chi connectivity index (χ2v) is 8.24. The quantitative estimate of drug-likeness (QED) is 0.432. The summed E-state index contributed by atoms with van der Waals surface area (Å²) < 4.78 is 7.15. The summed E-state index contributed by atoms with van der Waals surface area (Å²) in [5.74, 6) is -0.327. The minimum atomic E-state index is -0.509. The Morgan fingerprint density at radius 1 is 0.941 bits per heavy atom. The fourth-order valence-corrected chi connectivity index (χ4v) is 4.41. The molecule has 0 fully saturated rings. The summed E-state index contributed by atoms with van der Waals surface area (Å²) in [5, 5.41) is 4.97. The first-order valence-corrected chi connectivity index (χ1v) is 11.1. The van der Waals surface area contributed by atoms with Crippen LogP contribution in [0.15, 0.2) is 72.8 Å². The van der Waals surface area contributed by atoms with E-state index in [4.69, 9.17) is 16.3 Å². The Balaban J connectivity index is 1.52. The van der Waals surface area contributed by atoms with Crippen LogP contribution in [0.1, 0.15) is 32.0 Å². The molecule has 1 aliphatic carbocycles. The fourth-order valence-electron chi connectivity index (χ4n) is 4.19. The van der Waals surface area contributed by atoms with Crippen molar-refractivity contribution in [1.82, 2.24) is 20.6 Å². The Hall–Kier alpha value is -4.10. The molecule has 7 nitrogen and oxygen atoms in total. The lowest BCUT2D eigenvalue weighted by Gasteiger charge is -2.19. The number of amides is 2. The van der Waals surface area contributed by atoms with Crippen molar-refractivity contribution >= 4 is 23.4 Å². The third-order valence-electron chi connectivity index (χ3n) is 5.82. The van der Waals surface area contributed by atoms with Gasteiger partial charge in [0.25, 0.3) is 11.8 Å². The van der Waals surface area contributed by atoms with Gasteiger partial charge in [-0.2, -0.15) is 5.10 Å². The van der Waals surface area contributed by atoms with Gasteiger partial charge in [-0.3, -0.25) is 20.4 Å². The van der Waals surface area contributed by atoms with E-state index in [0.717, 1.165) is 28.9 Å². The number of hydrogen-bond acceptors (Lipinski definition) is 4. The fraction of sp³-hybridized carbons (Fsp3) is 0.115. The molecule has 8 heteroatoms. The van der Waals surface area contributed by atoms with Crippen molar-refractivity contribution in [1.29, 1.82) is 0 Å². The minimum Gasteiger partial charge on any atom is -0.497 e. The van der Waals surface area contributed by atoms with Crippen LogP contribution in [0.2, 0.25) is 5.02 Å². The van der Waals surface area contributed by atoms with Crippen LogP contribution in [0.25, 0.3) is 16.9 Å². The Labute approximate surface area is 201 Å². The van der Waals surface area contributed by atoms with E-state index in [1.54, 1.807) is 36.1 Å². The molecule has 34 heavy (non-hydrogen) atoms. The molecule has 0 radical (unpaired) electrons. The van der Waals surface area contributed by atoms with Crippen molar-refractivity contribution in [2.45, 2.75) is 12.8 Å². The lowest BCUT2D eigenvalue weighted by atomic mass is 9.88. The van der Waals surface area contributed by atoms with Gasteiger partial charge in [0.1, 0.15) is 5.75 Å². The van der Waals surface area contributed by atoms with Gasteiger partial charge < -0.3 is 4.74 Å². The SMILES string of the molecule is COc1cccc(-n2nc(C(=O)NNC(=O)c3ccccc3Cl)c3c2-c2ccccc2CC3)c1. The summed E-state index contributed by atoms with van der Waals surface area (Å²) in [6, 6.07) is 22.2. The molecule has 5 rings (SSSR count). The van der Waals surface area contributed by atoms with Gasteiger partial charge in [-0.25, -0.2) is 4.68 Å². The van der Waals surface area contributed by atoms with E-state index in [1.807, 2.05) is 42.5 Å². The van der Waals surface area contributed by atoms with E-state index >= 15 is 0 Å². The molecule has 1 aliphatic rings. The zero-order valence-corrected chi connectivity index (χ0v) is 19.1. The molecule has 0 unspecified atom stereocenters. The average molecular weight is 473 g/mol. The van der Waals surface area contributed by atoms with Gasteiger partial charge in [0.15, 0.2) is 5.69 Å². The number of carbonyl (C=O) groups is 2. The zero-order chi connectivity index (χ0) is 23.7. The van der Waals surface area contributed by atoms with Crippen molar-refractivity contribution in [2.75, 3.05) is 7.11 Å². The van der Waals surface area contributed by atoms with Gasteiger partial charge in [-0.05, 0) is 42.7 Å². The molecule has 0 saturated heterocycles. The standard InChI is InChI=1S/C26H21ClN4O3/c1-34-18-9-6-8-17(15-18)31-24-19-10-3-2-7-16(19)13-14-21(24)23(30-31)26(33)29-28-25(32)20-11-4-5-12-22(20)27/h2-12,15H,13-14H2,1H3,(H,28,32)(H,29,33). The monoisotopic (exact) mass is 472 g/mol. The van der Waals surface area contributed by atoms with E-state index in [-0.39, 0.29) is 11.3 Å². The van der Waals surface area contributed by atoms with Gasteiger partial charge >= 0.3 is 0 Å². The highest BCUT2D eigenvalue weighted by atomic mass is 35.5. The number of aromatic nitrogens is 2. The number of rotatable bonds is 4. The lowest BCUT2D eigenvalue weighted by molar-refractivity contribution is 0.0843. The third kappa shape index (κ3) is 3.91. The molecular formula is C26H21ClN4O3. The molecule has 4 aromatic rings. The summed E-state index contributed by atoms with van der Waals surface area (Å²) in [6.07, 6.45) is 1.44. The molecule has 1 heterocycles. The van der Waals surface area contributed by atoms with Crippen LogP contribution in [0.5, 0.6) is 5.75 Å². The molecule has 0 atom stereocenters. The van der Waals surface area contributed by atoms with E-state index in [2.05, 4.69) is 22.0 Å².